The number of carbonyl (C=O) groups excluding carboxylic acids is 2. The van der Waals surface area contributed by atoms with E-state index in [-0.39, 0.29) is 11.8 Å². The van der Waals surface area contributed by atoms with E-state index in [1.807, 2.05) is 29.2 Å². The molecular weight excluding hydrogens is 344 g/mol. The molecular formula is C20H26N4O3. The Labute approximate surface area is 158 Å². The van der Waals surface area contributed by atoms with Crippen LogP contribution in [0.3, 0.4) is 0 Å². The molecule has 2 fully saturated rings. The fraction of sp³-hybridized carbons (Fsp3) is 0.550. The Morgan fingerprint density at radius 2 is 1.70 bits per heavy atom. The molecule has 2 amide bonds. The summed E-state index contributed by atoms with van der Waals surface area (Å²) in [6.07, 6.45) is 1.91. The summed E-state index contributed by atoms with van der Waals surface area (Å²) in [5.41, 5.74) is 1.75. The third-order valence-corrected chi connectivity index (χ3v) is 5.68. The molecule has 3 heterocycles. The second-order valence-electron chi connectivity index (χ2n) is 7.46. The molecule has 0 bridgehead atoms. The van der Waals surface area contributed by atoms with Gasteiger partial charge in [0.1, 0.15) is 5.52 Å². The number of aromatic nitrogens is 1. The maximum atomic E-state index is 12.6. The van der Waals surface area contributed by atoms with Gasteiger partial charge in [0.25, 0.3) is 0 Å². The first-order valence-corrected chi connectivity index (χ1v) is 9.71. The molecule has 2 aromatic rings. The largest absolute Gasteiger partial charge is 0.440 e. The van der Waals surface area contributed by atoms with Crippen molar-refractivity contribution in [3.63, 3.8) is 0 Å². The van der Waals surface area contributed by atoms with Gasteiger partial charge in [-0.1, -0.05) is 12.1 Å². The number of fused-ring (bicyclic) bond motifs is 1. The van der Waals surface area contributed by atoms with Crippen molar-refractivity contribution in [1.29, 1.82) is 0 Å². The summed E-state index contributed by atoms with van der Waals surface area (Å²) in [5.74, 6) is 1.40. The molecule has 7 nitrogen and oxygen atoms in total. The summed E-state index contributed by atoms with van der Waals surface area (Å²) in [7, 11) is 0. The molecule has 7 heteroatoms. The van der Waals surface area contributed by atoms with Crippen molar-refractivity contribution in [3.05, 3.63) is 30.2 Å². The number of carbonyl (C=O) groups is 2. The molecule has 2 saturated heterocycles. The van der Waals surface area contributed by atoms with Gasteiger partial charge < -0.3 is 14.2 Å². The van der Waals surface area contributed by atoms with Crippen LogP contribution in [-0.4, -0.2) is 77.3 Å². The summed E-state index contributed by atoms with van der Waals surface area (Å²) in [6, 6.07) is 7.86. The third kappa shape index (κ3) is 3.98. The van der Waals surface area contributed by atoms with E-state index in [0.717, 1.165) is 42.9 Å². The normalized spacial score (nSPS) is 19.6. The van der Waals surface area contributed by atoms with Gasteiger partial charge in [0.2, 0.25) is 11.8 Å². The van der Waals surface area contributed by atoms with Gasteiger partial charge in [0.05, 0.1) is 6.54 Å². The van der Waals surface area contributed by atoms with Crippen LogP contribution >= 0.6 is 0 Å². The van der Waals surface area contributed by atoms with Crippen molar-refractivity contribution >= 4 is 22.9 Å². The average molecular weight is 370 g/mol. The number of para-hydroxylation sites is 2. The first-order valence-electron chi connectivity index (χ1n) is 9.71. The number of piperazine rings is 1. The molecule has 0 N–H and O–H groups in total. The van der Waals surface area contributed by atoms with Crippen LogP contribution in [0.1, 0.15) is 31.6 Å². The van der Waals surface area contributed by atoms with Gasteiger partial charge >= 0.3 is 0 Å². The van der Waals surface area contributed by atoms with Gasteiger partial charge in [-0.25, -0.2) is 4.98 Å². The molecule has 0 atom stereocenters. The van der Waals surface area contributed by atoms with Crippen LogP contribution in [0.2, 0.25) is 0 Å². The Hall–Kier alpha value is -2.41. The molecule has 0 saturated carbocycles. The lowest BCUT2D eigenvalue weighted by Gasteiger charge is -2.36. The van der Waals surface area contributed by atoms with Crippen LogP contribution in [0.5, 0.6) is 0 Å². The molecule has 0 aliphatic carbocycles. The van der Waals surface area contributed by atoms with Crippen LogP contribution in [0.25, 0.3) is 11.1 Å². The summed E-state index contributed by atoms with van der Waals surface area (Å²) in [4.78, 5) is 34.5. The maximum Gasteiger partial charge on any atom is 0.236 e. The molecule has 4 rings (SSSR count). The zero-order chi connectivity index (χ0) is 18.8. The fourth-order valence-corrected chi connectivity index (χ4v) is 3.96. The zero-order valence-electron chi connectivity index (χ0n) is 15.8. The summed E-state index contributed by atoms with van der Waals surface area (Å²) >= 11 is 0. The number of oxazole rings is 1. The predicted molar refractivity (Wildman–Crippen MR) is 101 cm³/mol. The highest BCUT2D eigenvalue weighted by Gasteiger charge is 2.28. The van der Waals surface area contributed by atoms with Crippen LogP contribution in [0.15, 0.2) is 28.7 Å². The number of hydrogen-bond donors (Lipinski definition) is 0. The monoisotopic (exact) mass is 370 g/mol. The first-order chi connectivity index (χ1) is 13.1. The highest BCUT2D eigenvalue weighted by atomic mass is 16.3. The minimum absolute atomic E-state index is 0.0865. The van der Waals surface area contributed by atoms with Crippen LogP contribution < -0.4 is 0 Å². The fourth-order valence-electron chi connectivity index (χ4n) is 3.96. The van der Waals surface area contributed by atoms with Gasteiger partial charge in [-0.05, 0) is 38.1 Å². The van der Waals surface area contributed by atoms with E-state index in [1.54, 1.807) is 11.8 Å². The summed E-state index contributed by atoms with van der Waals surface area (Å²) < 4.78 is 5.91. The van der Waals surface area contributed by atoms with Crippen molar-refractivity contribution in [2.45, 2.75) is 25.7 Å². The van der Waals surface area contributed by atoms with Gasteiger partial charge in [0, 0.05) is 39.0 Å². The van der Waals surface area contributed by atoms with E-state index in [4.69, 9.17) is 4.42 Å². The predicted octanol–water partition coefficient (Wildman–Crippen LogP) is 1.70. The number of nitrogens with zero attached hydrogens (tertiary/aromatic N) is 4. The maximum absolute atomic E-state index is 12.6. The van der Waals surface area contributed by atoms with Crippen LogP contribution in [0, 0.1) is 0 Å². The molecule has 1 aromatic heterocycles. The van der Waals surface area contributed by atoms with Gasteiger partial charge in [-0.2, -0.15) is 0 Å². The van der Waals surface area contributed by atoms with Crippen molar-refractivity contribution in [3.8, 4) is 0 Å². The molecule has 1 aromatic carbocycles. The average Bonchev–Trinajstić information content (AvgIpc) is 3.13. The molecule has 0 spiro atoms. The van der Waals surface area contributed by atoms with Crippen molar-refractivity contribution in [2.24, 2.45) is 0 Å². The SMILES string of the molecule is CC(=O)N1CCN(C(=O)CN2CCC(c3nc4ccccc4o3)CC2)CC1. The lowest BCUT2D eigenvalue weighted by molar-refractivity contribution is -0.139. The van der Waals surface area contributed by atoms with Gasteiger partial charge in [-0.15, -0.1) is 0 Å². The van der Waals surface area contributed by atoms with Crippen molar-refractivity contribution < 1.29 is 14.0 Å². The molecule has 2 aliphatic heterocycles. The standard InChI is InChI=1S/C20H26N4O3/c1-15(25)23-10-12-24(13-11-23)19(26)14-22-8-6-16(7-9-22)20-21-17-4-2-3-5-18(17)27-20/h2-5,16H,6-14H2,1H3. The Morgan fingerprint density at radius 3 is 2.37 bits per heavy atom. The Morgan fingerprint density at radius 1 is 1.04 bits per heavy atom. The van der Waals surface area contributed by atoms with E-state index in [9.17, 15) is 9.59 Å². The Kier molecular flexibility index (Phi) is 5.11. The van der Waals surface area contributed by atoms with Crippen molar-refractivity contribution in [1.82, 2.24) is 19.7 Å². The quantitative estimate of drug-likeness (QED) is 0.822. The number of amides is 2. The van der Waals surface area contributed by atoms with Crippen LogP contribution in [-0.2, 0) is 9.59 Å². The van der Waals surface area contributed by atoms with Crippen LogP contribution in [0.4, 0.5) is 0 Å². The minimum atomic E-state index is 0.0865. The number of rotatable bonds is 3. The Balaban J connectivity index is 1.27. The Bertz CT molecular complexity index is 784. The van der Waals surface area contributed by atoms with Gasteiger partial charge in [0.15, 0.2) is 11.5 Å². The van der Waals surface area contributed by atoms with E-state index in [1.165, 1.54) is 0 Å². The zero-order valence-corrected chi connectivity index (χ0v) is 15.8. The second kappa shape index (κ2) is 7.68. The summed E-state index contributed by atoms with van der Waals surface area (Å²) in [5, 5.41) is 0. The van der Waals surface area contributed by atoms with Gasteiger partial charge in [-0.3, -0.25) is 14.5 Å². The number of likely N-dealkylation sites (tertiary alicyclic amines) is 1. The van der Waals surface area contributed by atoms with Crippen molar-refractivity contribution in [2.75, 3.05) is 45.8 Å². The second-order valence-corrected chi connectivity index (χ2v) is 7.46. The van der Waals surface area contributed by atoms with E-state index >= 15 is 0 Å². The number of hydrogen-bond acceptors (Lipinski definition) is 5. The highest BCUT2D eigenvalue weighted by molar-refractivity contribution is 5.79. The highest BCUT2D eigenvalue weighted by Crippen LogP contribution is 2.29. The molecule has 144 valence electrons. The van der Waals surface area contributed by atoms with E-state index < -0.39 is 0 Å². The first kappa shape index (κ1) is 18.0. The number of benzene rings is 1. The molecule has 2 aliphatic rings. The minimum Gasteiger partial charge on any atom is -0.440 e. The molecule has 0 unspecified atom stereocenters. The lowest BCUT2D eigenvalue weighted by Crippen LogP contribution is -2.52. The number of piperidine rings is 1. The molecule has 0 radical (unpaired) electrons. The smallest absolute Gasteiger partial charge is 0.236 e. The van der Waals surface area contributed by atoms with E-state index in [2.05, 4.69) is 9.88 Å². The lowest BCUT2D eigenvalue weighted by atomic mass is 9.97. The van der Waals surface area contributed by atoms with E-state index in [0.29, 0.717) is 38.6 Å². The third-order valence-electron chi connectivity index (χ3n) is 5.68. The topological polar surface area (TPSA) is 69.9 Å². The summed E-state index contributed by atoms with van der Waals surface area (Å²) in [6.45, 7) is 6.35. The molecule has 27 heavy (non-hydrogen) atoms.